The summed E-state index contributed by atoms with van der Waals surface area (Å²) in [4.78, 5) is 18.9. The van der Waals surface area contributed by atoms with E-state index in [9.17, 15) is 4.79 Å². The fraction of sp³-hybridized carbons (Fsp3) is 0.368. The number of nitrogens with zero attached hydrogens (tertiary/aromatic N) is 2. The van der Waals surface area contributed by atoms with Crippen LogP contribution in [0.3, 0.4) is 0 Å². The number of thioether (sulfide) groups is 1. The van der Waals surface area contributed by atoms with Crippen molar-refractivity contribution in [1.29, 1.82) is 0 Å². The highest BCUT2D eigenvalue weighted by Gasteiger charge is 2.14. The maximum Gasteiger partial charge on any atom is 0.287 e. The van der Waals surface area contributed by atoms with Gasteiger partial charge in [0.05, 0.1) is 19.0 Å². The Hall–Kier alpha value is -2.29. The number of aromatic nitrogens is 1. The second-order valence-corrected chi connectivity index (χ2v) is 7.14. The Morgan fingerprint density at radius 2 is 2.00 bits per heavy atom. The first-order chi connectivity index (χ1) is 13.3. The van der Waals surface area contributed by atoms with Crippen LogP contribution in [-0.4, -0.2) is 55.2 Å². The summed E-state index contributed by atoms with van der Waals surface area (Å²) >= 11 is 1.44. The molecule has 1 aliphatic heterocycles. The second kappa shape index (κ2) is 8.60. The zero-order valence-electron chi connectivity index (χ0n) is 14.8. The molecule has 7 nitrogen and oxygen atoms in total. The molecule has 0 radical (unpaired) electrons. The molecule has 0 spiro atoms. The van der Waals surface area contributed by atoms with Crippen LogP contribution < -0.4 is 5.32 Å². The van der Waals surface area contributed by atoms with Crippen LogP contribution in [0.1, 0.15) is 16.3 Å². The number of carbonyl (C=O) groups excluding carboxylic acids is 1. The van der Waals surface area contributed by atoms with Crippen molar-refractivity contribution in [3.63, 3.8) is 0 Å². The van der Waals surface area contributed by atoms with Gasteiger partial charge < -0.3 is 18.9 Å². The first-order valence-electron chi connectivity index (χ1n) is 8.93. The molecule has 1 fully saturated rings. The second-order valence-electron chi connectivity index (χ2n) is 6.21. The van der Waals surface area contributed by atoms with Crippen molar-refractivity contribution in [1.82, 2.24) is 15.2 Å². The number of carbonyl (C=O) groups is 1. The lowest BCUT2D eigenvalue weighted by Crippen LogP contribution is -2.41. The summed E-state index contributed by atoms with van der Waals surface area (Å²) in [5, 5.41) is 3.49. The molecule has 0 saturated carbocycles. The van der Waals surface area contributed by atoms with Crippen molar-refractivity contribution in [2.24, 2.45) is 0 Å². The standard InChI is InChI=1S/C19H21N3O4S/c23-18(20-7-8-22-9-11-24-12-10-22)17-6-5-14(25-17)13-27-19-21-15-3-1-2-4-16(15)26-19/h1-6H,7-13H2,(H,20,23). The van der Waals surface area contributed by atoms with Gasteiger partial charge in [0, 0.05) is 26.2 Å². The highest BCUT2D eigenvalue weighted by molar-refractivity contribution is 7.98. The SMILES string of the molecule is O=C(NCCN1CCOCC1)c1ccc(CSc2nc3ccccc3o2)o1. The Morgan fingerprint density at radius 3 is 2.85 bits per heavy atom. The van der Waals surface area contributed by atoms with E-state index < -0.39 is 0 Å². The van der Waals surface area contributed by atoms with Gasteiger partial charge in [0.25, 0.3) is 11.1 Å². The smallest absolute Gasteiger partial charge is 0.287 e. The number of hydrogen-bond acceptors (Lipinski definition) is 7. The van der Waals surface area contributed by atoms with Gasteiger partial charge in [-0.25, -0.2) is 4.98 Å². The summed E-state index contributed by atoms with van der Waals surface area (Å²) in [5.41, 5.74) is 1.60. The van der Waals surface area contributed by atoms with Crippen LogP contribution >= 0.6 is 11.8 Å². The third-order valence-corrected chi connectivity index (χ3v) is 5.17. The Balaban J connectivity index is 1.25. The zero-order chi connectivity index (χ0) is 18.5. The lowest BCUT2D eigenvalue weighted by atomic mass is 10.3. The molecule has 4 rings (SSSR count). The maximum absolute atomic E-state index is 12.2. The summed E-state index contributed by atoms with van der Waals surface area (Å²) in [6.07, 6.45) is 0. The maximum atomic E-state index is 12.2. The number of furan rings is 1. The summed E-state index contributed by atoms with van der Waals surface area (Å²) in [6, 6.07) is 11.2. The van der Waals surface area contributed by atoms with E-state index in [4.69, 9.17) is 13.6 Å². The molecule has 8 heteroatoms. The molecule has 0 bridgehead atoms. The highest BCUT2D eigenvalue weighted by Crippen LogP contribution is 2.26. The van der Waals surface area contributed by atoms with Crippen LogP contribution in [0.2, 0.25) is 0 Å². The number of nitrogens with one attached hydrogen (secondary N) is 1. The van der Waals surface area contributed by atoms with Crippen molar-refractivity contribution >= 4 is 28.8 Å². The molecule has 0 atom stereocenters. The molecular formula is C19H21N3O4S. The normalized spacial score (nSPS) is 15.3. The van der Waals surface area contributed by atoms with E-state index in [1.807, 2.05) is 30.3 Å². The number of hydrogen-bond donors (Lipinski definition) is 1. The van der Waals surface area contributed by atoms with Crippen LogP contribution in [0.15, 0.2) is 50.5 Å². The quantitative estimate of drug-likeness (QED) is 0.624. The summed E-state index contributed by atoms with van der Waals surface area (Å²) in [6.45, 7) is 4.74. The van der Waals surface area contributed by atoms with Gasteiger partial charge >= 0.3 is 0 Å². The van der Waals surface area contributed by atoms with Gasteiger partial charge in [0.15, 0.2) is 11.3 Å². The average molecular weight is 387 g/mol. The predicted octanol–water partition coefficient (Wildman–Crippen LogP) is 2.78. The van der Waals surface area contributed by atoms with E-state index in [0.29, 0.717) is 29.0 Å². The van der Waals surface area contributed by atoms with Gasteiger partial charge in [-0.15, -0.1) is 0 Å². The van der Waals surface area contributed by atoms with Crippen molar-refractivity contribution < 1.29 is 18.4 Å². The van der Waals surface area contributed by atoms with Gasteiger partial charge in [-0.3, -0.25) is 9.69 Å². The van der Waals surface area contributed by atoms with Gasteiger partial charge in [0.1, 0.15) is 11.3 Å². The van der Waals surface area contributed by atoms with Crippen LogP contribution in [0, 0.1) is 0 Å². The van der Waals surface area contributed by atoms with E-state index in [-0.39, 0.29) is 5.91 Å². The van der Waals surface area contributed by atoms with Gasteiger partial charge in [-0.2, -0.15) is 0 Å². The molecule has 0 unspecified atom stereocenters. The number of oxazole rings is 1. The number of ether oxygens (including phenoxy) is 1. The minimum atomic E-state index is -0.193. The minimum absolute atomic E-state index is 0.193. The van der Waals surface area contributed by atoms with Crippen LogP contribution in [0.4, 0.5) is 0 Å². The number of amides is 1. The summed E-state index contributed by atoms with van der Waals surface area (Å²) in [7, 11) is 0. The third kappa shape index (κ3) is 4.71. The van der Waals surface area contributed by atoms with Crippen molar-refractivity contribution in [3.05, 3.63) is 47.9 Å². The molecule has 1 aliphatic rings. The zero-order valence-corrected chi connectivity index (χ0v) is 15.7. The predicted molar refractivity (Wildman–Crippen MR) is 102 cm³/mol. The lowest BCUT2D eigenvalue weighted by molar-refractivity contribution is 0.0382. The number of benzene rings is 1. The molecule has 142 valence electrons. The Morgan fingerprint density at radius 1 is 1.15 bits per heavy atom. The van der Waals surface area contributed by atoms with Crippen LogP contribution in [0.25, 0.3) is 11.1 Å². The average Bonchev–Trinajstić information content (AvgIpc) is 3.34. The molecule has 0 aliphatic carbocycles. The number of rotatable bonds is 7. The molecule has 1 amide bonds. The first-order valence-corrected chi connectivity index (χ1v) is 9.92. The molecular weight excluding hydrogens is 366 g/mol. The van der Waals surface area contributed by atoms with Gasteiger partial charge in [0.2, 0.25) is 0 Å². The fourth-order valence-corrected chi connectivity index (χ4v) is 3.60. The number of morpholine rings is 1. The molecule has 1 N–H and O–H groups in total. The number of fused-ring (bicyclic) bond motifs is 1. The van der Waals surface area contributed by atoms with Crippen LogP contribution in [0.5, 0.6) is 0 Å². The summed E-state index contributed by atoms with van der Waals surface area (Å²) < 4.78 is 16.6. The summed E-state index contributed by atoms with van der Waals surface area (Å²) in [5.74, 6) is 1.39. The first kappa shape index (κ1) is 18.1. The molecule has 2 aromatic heterocycles. The molecule has 27 heavy (non-hydrogen) atoms. The monoisotopic (exact) mass is 387 g/mol. The van der Waals surface area contributed by atoms with Gasteiger partial charge in [-0.05, 0) is 24.3 Å². The third-order valence-electron chi connectivity index (χ3n) is 4.31. The van der Waals surface area contributed by atoms with Crippen LogP contribution in [-0.2, 0) is 10.5 Å². The van der Waals surface area contributed by atoms with E-state index >= 15 is 0 Å². The highest BCUT2D eigenvalue weighted by atomic mass is 32.2. The van der Waals surface area contributed by atoms with E-state index in [1.165, 1.54) is 11.8 Å². The molecule has 3 heterocycles. The van der Waals surface area contributed by atoms with Crippen molar-refractivity contribution in [2.75, 3.05) is 39.4 Å². The molecule has 3 aromatic rings. The Labute approximate surface area is 161 Å². The van der Waals surface area contributed by atoms with Crippen molar-refractivity contribution in [2.45, 2.75) is 11.0 Å². The number of para-hydroxylation sites is 2. The molecule has 1 aromatic carbocycles. The Bertz CT molecular complexity index is 868. The minimum Gasteiger partial charge on any atom is -0.455 e. The van der Waals surface area contributed by atoms with E-state index in [1.54, 1.807) is 6.07 Å². The Kier molecular flexibility index (Phi) is 5.76. The fourth-order valence-electron chi connectivity index (χ4n) is 2.86. The topological polar surface area (TPSA) is 80.7 Å². The van der Waals surface area contributed by atoms with E-state index in [0.717, 1.165) is 43.9 Å². The lowest BCUT2D eigenvalue weighted by Gasteiger charge is -2.26. The molecule has 1 saturated heterocycles. The van der Waals surface area contributed by atoms with Crippen molar-refractivity contribution in [3.8, 4) is 0 Å². The largest absolute Gasteiger partial charge is 0.455 e. The van der Waals surface area contributed by atoms with E-state index in [2.05, 4.69) is 15.2 Å². The van der Waals surface area contributed by atoms with Gasteiger partial charge in [-0.1, -0.05) is 23.9 Å².